The predicted octanol–water partition coefficient (Wildman–Crippen LogP) is 3.36. The summed E-state index contributed by atoms with van der Waals surface area (Å²) in [5.41, 5.74) is 2.08. The largest absolute Gasteiger partial charge is 0.481 e. The van der Waals surface area contributed by atoms with Crippen LogP contribution in [0.2, 0.25) is 0 Å². The first-order valence-corrected chi connectivity index (χ1v) is 7.22. The highest BCUT2D eigenvalue weighted by Crippen LogP contribution is 2.27. The van der Waals surface area contributed by atoms with E-state index in [1.165, 1.54) is 5.56 Å². The maximum atomic E-state index is 11.6. The standard InChI is InChI=1S/C16H24N2O3/c1-4-16(2,3)12-7-9-13(10-8-12)18-15(21)17-11-5-6-14(19)20/h7-10H,4-6,11H2,1-3H3,(H,19,20)(H2,17,18,21). The molecule has 2 amide bonds. The summed E-state index contributed by atoms with van der Waals surface area (Å²) in [6.07, 6.45) is 1.53. The Morgan fingerprint density at radius 1 is 1.19 bits per heavy atom. The van der Waals surface area contributed by atoms with Crippen LogP contribution < -0.4 is 10.6 Å². The Hall–Kier alpha value is -2.04. The van der Waals surface area contributed by atoms with Crippen LogP contribution in [-0.2, 0) is 10.2 Å². The van der Waals surface area contributed by atoms with Crippen molar-refractivity contribution in [3.05, 3.63) is 29.8 Å². The number of rotatable bonds is 7. The minimum atomic E-state index is -0.855. The second-order valence-corrected chi connectivity index (χ2v) is 5.69. The smallest absolute Gasteiger partial charge is 0.319 e. The van der Waals surface area contributed by atoms with E-state index in [1.54, 1.807) is 0 Å². The molecule has 0 atom stereocenters. The molecular formula is C16H24N2O3. The van der Waals surface area contributed by atoms with Crippen LogP contribution in [0, 0.1) is 0 Å². The van der Waals surface area contributed by atoms with Gasteiger partial charge in [0.25, 0.3) is 0 Å². The molecule has 0 fully saturated rings. The van der Waals surface area contributed by atoms with Gasteiger partial charge in [-0.3, -0.25) is 4.79 Å². The molecule has 0 radical (unpaired) electrons. The number of aliphatic carboxylic acids is 1. The lowest BCUT2D eigenvalue weighted by Crippen LogP contribution is -2.29. The van der Waals surface area contributed by atoms with Gasteiger partial charge >= 0.3 is 12.0 Å². The van der Waals surface area contributed by atoms with Crippen molar-refractivity contribution in [2.75, 3.05) is 11.9 Å². The zero-order valence-electron chi connectivity index (χ0n) is 12.9. The molecule has 1 rings (SSSR count). The fraction of sp³-hybridized carbons (Fsp3) is 0.500. The topological polar surface area (TPSA) is 78.4 Å². The Balaban J connectivity index is 2.45. The van der Waals surface area contributed by atoms with Gasteiger partial charge in [0, 0.05) is 18.7 Å². The van der Waals surface area contributed by atoms with Crippen LogP contribution >= 0.6 is 0 Å². The minimum Gasteiger partial charge on any atom is -0.481 e. The SMILES string of the molecule is CCC(C)(C)c1ccc(NC(=O)NCCCC(=O)O)cc1. The Labute approximate surface area is 125 Å². The average Bonchev–Trinajstić information content (AvgIpc) is 2.44. The molecule has 116 valence electrons. The van der Waals surface area contributed by atoms with Crippen LogP contribution in [0.4, 0.5) is 10.5 Å². The fourth-order valence-corrected chi connectivity index (χ4v) is 1.83. The van der Waals surface area contributed by atoms with Crippen molar-refractivity contribution in [3.8, 4) is 0 Å². The molecule has 5 heteroatoms. The van der Waals surface area contributed by atoms with Crippen LogP contribution in [0.25, 0.3) is 0 Å². The second kappa shape index (κ2) is 7.67. The Kier molecular flexibility index (Phi) is 6.21. The number of anilines is 1. The van der Waals surface area contributed by atoms with Gasteiger partial charge in [-0.05, 0) is 36.0 Å². The zero-order chi connectivity index (χ0) is 15.9. The molecule has 0 saturated carbocycles. The number of nitrogens with one attached hydrogen (secondary N) is 2. The first-order chi connectivity index (χ1) is 9.85. The molecule has 0 aliphatic heterocycles. The highest BCUT2D eigenvalue weighted by atomic mass is 16.4. The summed E-state index contributed by atoms with van der Waals surface area (Å²) in [5.74, 6) is -0.855. The van der Waals surface area contributed by atoms with Crippen molar-refractivity contribution < 1.29 is 14.7 Å². The van der Waals surface area contributed by atoms with Gasteiger partial charge in [0.2, 0.25) is 0 Å². The maximum Gasteiger partial charge on any atom is 0.319 e. The Morgan fingerprint density at radius 2 is 1.81 bits per heavy atom. The van der Waals surface area contributed by atoms with E-state index in [4.69, 9.17) is 5.11 Å². The number of hydrogen-bond donors (Lipinski definition) is 3. The van der Waals surface area contributed by atoms with Gasteiger partial charge in [-0.2, -0.15) is 0 Å². The summed E-state index contributed by atoms with van der Waals surface area (Å²) in [6.45, 7) is 6.87. The molecule has 1 aromatic rings. The van der Waals surface area contributed by atoms with E-state index < -0.39 is 5.97 Å². The molecule has 0 aliphatic carbocycles. The highest BCUT2D eigenvalue weighted by Gasteiger charge is 2.17. The number of carboxylic acids is 1. The number of carbonyl (C=O) groups is 2. The van der Waals surface area contributed by atoms with E-state index in [2.05, 4.69) is 31.4 Å². The van der Waals surface area contributed by atoms with Gasteiger partial charge in [-0.15, -0.1) is 0 Å². The summed E-state index contributed by atoms with van der Waals surface area (Å²) >= 11 is 0. The third-order valence-corrected chi connectivity index (χ3v) is 3.66. The number of urea groups is 1. The second-order valence-electron chi connectivity index (χ2n) is 5.69. The third kappa shape index (κ3) is 5.85. The van der Waals surface area contributed by atoms with Crippen LogP contribution in [-0.4, -0.2) is 23.7 Å². The van der Waals surface area contributed by atoms with Crippen molar-refractivity contribution in [2.24, 2.45) is 0 Å². The molecular weight excluding hydrogens is 268 g/mol. The molecule has 0 aromatic heterocycles. The summed E-state index contributed by atoms with van der Waals surface area (Å²) in [7, 11) is 0. The zero-order valence-corrected chi connectivity index (χ0v) is 12.9. The Morgan fingerprint density at radius 3 is 2.33 bits per heavy atom. The first kappa shape index (κ1) is 17.0. The summed E-state index contributed by atoms with van der Waals surface area (Å²) in [6, 6.07) is 7.48. The van der Waals surface area contributed by atoms with E-state index in [1.807, 2.05) is 24.3 Å². The maximum absolute atomic E-state index is 11.6. The number of benzene rings is 1. The normalized spacial score (nSPS) is 11.0. The van der Waals surface area contributed by atoms with Gasteiger partial charge in [0.1, 0.15) is 0 Å². The highest BCUT2D eigenvalue weighted by molar-refractivity contribution is 5.89. The molecule has 0 heterocycles. The molecule has 5 nitrogen and oxygen atoms in total. The van der Waals surface area contributed by atoms with Crippen molar-refractivity contribution in [1.29, 1.82) is 0 Å². The summed E-state index contributed by atoms with van der Waals surface area (Å²) in [4.78, 5) is 22.0. The van der Waals surface area contributed by atoms with Gasteiger partial charge in [0.15, 0.2) is 0 Å². The molecule has 0 spiro atoms. The number of amides is 2. The molecule has 21 heavy (non-hydrogen) atoms. The van der Waals surface area contributed by atoms with E-state index in [-0.39, 0.29) is 17.9 Å². The van der Waals surface area contributed by atoms with Crippen LogP contribution in [0.15, 0.2) is 24.3 Å². The number of carboxylic acid groups (broad SMARTS) is 1. The van der Waals surface area contributed by atoms with Gasteiger partial charge in [-0.25, -0.2) is 4.79 Å². The lowest BCUT2D eigenvalue weighted by Gasteiger charge is -2.23. The average molecular weight is 292 g/mol. The van der Waals surface area contributed by atoms with Crippen LogP contribution in [0.1, 0.15) is 45.6 Å². The van der Waals surface area contributed by atoms with Crippen molar-refractivity contribution >= 4 is 17.7 Å². The van der Waals surface area contributed by atoms with Gasteiger partial charge in [0.05, 0.1) is 0 Å². The van der Waals surface area contributed by atoms with Gasteiger partial charge in [-0.1, -0.05) is 32.9 Å². The van der Waals surface area contributed by atoms with Gasteiger partial charge < -0.3 is 15.7 Å². The van der Waals surface area contributed by atoms with E-state index >= 15 is 0 Å². The quantitative estimate of drug-likeness (QED) is 0.674. The van der Waals surface area contributed by atoms with Crippen LogP contribution in [0.5, 0.6) is 0 Å². The van der Waals surface area contributed by atoms with Crippen molar-refractivity contribution in [1.82, 2.24) is 5.32 Å². The third-order valence-electron chi connectivity index (χ3n) is 3.66. The van der Waals surface area contributed by atoms with Crippen molar-refractivity contribution in [3.63, 3.8) is 0 Å². The molecule has 1 aromatic carbocycles. The summed E-state index contributed by atoms with van der Waals surface area (Å²) < 4.78 is 0. The fourth-order valence-electron chi connectivity index (χ4n) is 1.83. The predicted molar refractivity (Wildman–Crippen MR) is 83.7 cm³/mol. The monoisotopic (exact) mass is 292 g/mol. The van der Waals surface area contributed by atoms with Crippen molar-refractivity contribution in [2.45, 2.75) is 45.4 Å². The number of hydrogen-bond acceptors (Lipinski definition) is 2. The van der Waals surface area contributed by atoms with E-state index in [9.17, 15) is 9.59 Å². The van der Waals surface area contributed by atoms with E-state index in [0.29, 0.717) is 13.0 Å². The van der Waals surface area contributed by atoms with E-state index in [0.717, 1.165) is 12.1 Å². The first-order valence-electron chi connectivity index (χ1n) is 7.22. The molecule has 3 N–H and O–H groups in total. The lowest BCUT2D eigenvalue weighted by molar-refractivity contribution is -0.137. The summed E-state index contributed by atoms with van der Waals surface area (Å²) in [5, 5.41) is 13.9. The Bertz CT molecular complexity index is 481. The lowest BCUT2D eigenvalue weighted by atomic mass is 9.82. The molecule has 0 bridgehead atoms. The number of carbonyl (C=O) groups excluding carboxylic acids is 1. The minimum absolute atomic E-state index is 0.0566. The molecule has 0 saturated heterocycles. The molecule has 0 aliphatic rings. The van der Waals surface area contributed by atoms with Crippen LogP contribution in [0.3, 0.4) is 0 Å². The molecule has 0 unspecified atom stereocenters.